The third-order valence-corrected chi connectivity index (χ3v) is 3.48. The number of hydrogen-bond acceptors (Lipinski definition) is 4. The maximum Gasteiger partial charge on any atom is 0.163 e. The second-order valence-electron chi connectivity index (χ2n) is 5.72. The number of ether oxygens (including phenoxy) is 2. The Balaban J connectivity index is 2.05. The van der Waals surface area contributed by atoms with Gasteiger partial charge in [0.25, 0.3) is 0 Å². The molecule has 0 fully saturated rings. The molecule has 1 heterocycles. The summed E-state index contributed by atoms with van der Waals surface area (Å²) in [4.78, 5) is 12.3. The predicted octanol–water partition coefficient (Wildman–Crippen LogP) is 2.65. The highest BCUT2D eigenvalue weighted by atomic mass is 16.6. The second-order valence-corrected chi connectivity index (χ2v) is 5.72. The van der Waals surface area contributed by atoms with Crippen molar-refractivity contribution in [3.05, 3.63) is 23.8 Å². The molecule has 0 spiro atoms. The van der Waals surface area contributed by atoms with Crippen LogP contribution in [0.2, 0.25) is 0 Å². The van der Waals surface area contributed by atoms with E-state index in [0.717, 1.165) is 6.42 Å². The van der Waals surface area contributed by atoms with Gasteiger partial charge in [0.1, 0.15) is 13.2 Å². The molecule has 0 saturated carbocycles. The lowest BCUT2D eigenvalue weighted by molar-refractivity contribution is 0.0956. The number of nitrogens with two attached hydrogens (primary N) is 1. The third kappa shape index (κ3) is 3.73. The number of carbonyl (C=O) groups excluding carboxylic acids is 1. The van der Waals surface area contributed by atoms with E-state index in [0.29, 0.717) is 49.2 Å². The molecule has 1 aromatic rings. The van der Waals surface area contributed by atoms with Gasteiger partial charge in [-0.25, -0.2) is 0 Å². The number of hydrogen-bond donors (Lipinski definition) is 1. The Morgan fingerprint density at radius 3 is 2.60 bits per heavy atom. The van der Waals surface area contributed by atoms with Crippen LogP contribution in [0.1, 0.15) is 37.0 Å². The largest absolute Gasteiger partial charge is 0.486 e. The standard InChI is InChI=1S/C16H23NO3/c1-11(2)7-12(10-17)8-14(18)13-3-4-15-16(9-13)20-6-5-19-15/h3-4,9,11-12H,5-8,10,17H2,1-2H3. The van der Waals surface area contributed by atoms with Gasteiger partial charge in [0.15, 0.2) is 17.3 Å². The molecular formula is C16H23NO3. The van der Waals surface area contributed by atoms with Crippen molar-refractivity contribution in [1.82, 2.24) is 0 Å². The lowest BCUT2D eigenvalue weighted by Crippen LogP contribution is -2.20. The van der Waals surface area contributed by atoms with Gasteiger partial charge >= 0.3 is 0 Å². The van der Waals surface area contributed by atoms with Gasteiger partial charge in [-0.15, -0.1) is 0 Å². The fraction of sp³-hybridized carbons (Fsp3) is 0.562. The van der Waals surface area contributed by atoms with Crippen molar-refractivity contribution in [2.45, 2.75) is 26.7 Å². The van der Waals surface area contributed by atoms with Gasteiger partial charge in [-0.2, -0.15) is 0 Å². The molecule has 4 nitrogen and oxygen atoms in total. The summed E-state index contributed by atoms with van der Waals surface area (Å²) in [6, 6.07) is 5.39. The first kappa shape index (κ1) is 14.9. The molecule has 0 radical (unpaired) electrons. The van der Waals surface area contributed by atoms with Crippen LogP contribution >= 0.6 is 0 Å². The van der Waals surface area contributed by atoms with Gasteiger partial charge in [0, 0.05) is 12.0 Å². The molecule has 1 aliphatic heterocycles. The molecule has 0 aliphatic carbocycles. The SMILES string of the molecule is CC(C)CC(CN)CC(=O)c1ccc2c(c1)OCCO2. The van der Waals surface area contributed by atoms with Crippen LogP contribution in [-0.4, -0.2) is 25.5 Å². The minimum atomic E-state index is 0.123. The van der Waals surface area contributed by atoms with Crippen LogP contribution in [0.5, 0.6) is 11.5 Å². The number of benzene rings is 1. The first-order valence-electron chi connectivity index (χ1n) is 7.23. The second kappa shape index (κ2) is 6.75. The highest BCUT2D eigenvalue weighted by Gasteiger charge is 2.18. The van der Waals surface area contributed by atoms with E-state index in [2.05, 4.69) is 13.8 Å². The lowest BCUT2D eigenvalue weighted by atomic mass is 9.90. The Labute approximate surface area is 120 Å². The highest BCUT2D eigenvalue weighted by Crippen LogP contribution is 2.31. The first-order chi connectivity index (χ1) is 9.60. The van der Waals surface area contributed by atoms with E-state index in [-0.39, 0.29) is 11.7 Å². The summed E-state index contributed by atoms with van der Waals surface area (Å²) in [6.45, 7) is 5.94. The minimum absolute atomic E-state index is 0.123. The van der Waals surface area contributed by atoms with Crippen LogP contribution in [0.15, 0.2) is 18.2 Å². The van der Waals surface area contributed by atoms with Crippen molar-refractivity contribution in [3.8, 4) is 11.5 Å². The van der Waals surface area contributed by atoms with Crippen LogP contribution in [0, 0.1) is 11.8 Å². The van der Waals surface area contributed by atoms with Gasteiger partial charge in [0.05, 0.1) is 0 Å². The van der Waals surface area contributed by atoms with Crippen LogP contribution in [-0.2, 0) is 0 Å². The summed E-state index contributed by atoms with van der Waals surface area (Å²) in [5.74, 6) is 2.30. The van der Waals surface area contributed by atoms with E-state index in [4.69, 9.17) is 15.2 Å². The molecule has 4 heteroatoms. The molecule has 0 saturated heterocycles. The zero-order valence-electron chi connectivity index (χ0n) is 12.2. The van der Waals surface area contributed by atoms with Crippen LogP contribution in [0.25, 0.3) is 0 Å². The Bertz CT molecular complexity index is 471. The van der Waals surface area contributed by atoms with Crippen LogP contribution in [0.3, 0.4) is 0 Å². The van der Waals surface area contributed by atoms with Gasteiger partial charge in [-0.3, -0.25) is 4.79 Å². The van der Waals surface area contributed by atoms with Crippen molar-refractivity contribution < 1.29 is 14.3 Å². The van der Waals surface area contributed by atoms with Crippen LogP contribution in [0.4, 0.5) is 0 Å². The first-order valence-corrected chi connectivity index (χ1v) is 7.23. The average molecular weight is 277 g/mol. The quantitative estimate of drug-likeness (QED) is 0.812. The van der Waals surface area contributed by atoms with Gasteiger partial charge in [0.2, 0.25) is 0 Å². The molecule has 1 unspecified atom stereocenters. The Morgan fingerprint density at radius 1 is 1.25 bits per heavy atom. The molecule has 1 atom stereocenters. The van der Waals surface area contributed by atoms with E-state index < -0.39 is 0 Å². The van der Waals surface area contributed by atoms with Crippen LogP contribution < -0.4 is 15.2 Å². The number of Topliss-reactive ketones (excluding diaryl/α,β-unsaturated/α-hetero) is 1. The molecular weight excluding hydrogens is 254 g/mol. The average Bonchev–Trinajstić information content (AvgIpc) is 2.45. The Hall–Kier alpha value is -1.55. The Kier molecular flexibility index (Phi) is 5.01. The van der Waals surface area contributed by atoms with Crippen molar-refractivity contribution in [1.29, 1.82) is 0 Å². The Morgan fingerprint density at radius 2 is 1.95 bits per heavy atom. The zero-order chi connectivity index (χ0) is 14.5. The molecule has 0 aromatic heterocycles. The van der Waals surface area contributed by atoms with Crippen molar-refractivity contribution in [2.75, 3.05) is 19.8 Å². The summed E-state index contributed by atoms with van der Waals surface area (Å²) >= 11 is 0. The molecule has 1 aliphatic rings. The summed E-state index contributed by atoms with van der Waals surface area (Å²) < 4.78 is 11.0. The smallest absolute Gasteiger partial charge is 0.163 e. The summed E-state index contributed by atoms with van der Waals surface area (Å²) in [5.41, 5.74) is 6.44. The fourth-order valence-corrected chi connectivity index (χ4v) is 2.53. The number of fused-ring (bicyclic) bond motifs is 1. The summed E-state index contributed by atoms with van der Waals surface area (Å²) in [5, 5.41) is 0. The van der Waals surface area contributed by atoms with Gasteiger partial charge in [-0.1, -0.05) is 13.8 Å². The fourth-order valence-electron chi connectivity index (χ4n) is 2.53. The maximum atomic E-state index is 12.3. The zero-order valence-corrected chi connectivity index (χ0v) is 12.2. The number of rotatable bonds is 6. The predicted molar refractivity (Wildman–Crippen MR) is 78.4 cm³/mol. The molecule has 0 bridgehead atoms. The summed E-state index contributed by atoms with van der Waals surface area (Å²) in [7, 11) is 0. The van der Waals surface area contributed by atoms with E-state index in [1.807, 2.05) is 6.07 Å². The van der Waals surface area contributed by atoms with Crippen molar-refractivity contribution >= 4 is 5.78 Å². The van der Waals surface area contributed by atoms with Gasteiger partial charge < -0.3 is 15.2 Å². The summed E-state index contributed by atoms with van der Waals surface area (Å²) in [6.07, 6.45) is 1.47. The normalized spacial score (nSPS) is 15.2. The van der Waals surface area contributed by atoms with E-state index in [1.54, 1.807) is 12.1 Å². The minimum Gasteiger partial charge on any atom is -0.486 e. The van der Waals surface area contributed by atoms with Crippen molar-refractivity contribution in [3.63, 3.8) is 0 Å². The van der Waals surface area contributed by atoms with Gasteiger partial charge in [-0.05, 0) is 43.0 Å². The lowest BCUT2D eigenvalue weighted by Gasteiger charge is -2.19. The topological polar surface area (TPSA) is 61.6 Å². The number of carbonyl (C=O) groups is 1. The molecule has 110 valence electrons. The third-order valence-electron chi connectivity index (χ3n) is 3.48. The molecule has 0 amide bonds. The van der Waals surface area contributed by atoms with E-state index in [1.165, 1.54) is 0 Å². The highest BCUT2D eigenvalue weighted by molar-refractivity contribution is 5.96. The maximum absolute atomic E-state index is 12.3. The van der Waals surface area contributed by atoms with E-state index in [9.17, 15) is 4.79 Å². The molecule has 2 N–H and O–H groups in total. The molecule has 20 heavy (non-hydrogen) atoms. The van der Waals surface area contributed by atoms with E-state index >= 15 is 0 Å². The molecule has 1 aromatic carbocycles. The monoisotopic (exact) mass is 277 g/mol. The molecule has 2 rings (SSSR count). The van der Waals surface area contributed by atoms with Crippen molar-refractivity contribution in [2.24, 2.45) is 17.6 Å². The number of ketones is 1.